The predicted molar refractivity (Wildman–Crippen MR) is 78.6 cm³/mol. The SMILES string of the molecule is CC(C)C(C)(C)[SiH2]Oc1c[c]ccc1C(C)(C)O. The monoisotopic (exact) mass is 265 g/mol. The Balaban J connectivity index is 2.86. The minimum atomic E-state index is -0.874. The minimum Gasteiger partial charge on any atom is -0.549 e. The molecule has 1 aromatic rings. The van der Waals surface area contributed by atoms with Gasteiger partial charge in [0.15, 0.2) is 0 Å². The quantitative estimate of drug-likeness (QED) is 0.829. The molecule has 0 amide bonds. The van der Waals surface area contributed by atoms with E-state index in [4.69, 9.17) is 4.43 Å². The van der Waals surface area contributed by atoms with Gasteiger partial charge in [-0.15, -0.1) is 0 Å². The Hall–Kier alpha value is -0.803. The zero-order valence-corrected chi connectivity index (χ0v) is 13.8. The van der Waals surface area contributed by atoms with Crippen LogP contribution in [0.15, 0.2) is 18.2 Å². The van der Waals surface area contributed by atoms with Crippen molar-refractivity contribution >= 4 is 9.76 Å². The molecule has 2 nitrogen and oxygen atoms in total. The maximum absolute atomic E-state index is 10.1. The number of hydrogen-bond donors (Lipinski definition) is 1. The van der Waals surface area contributed by atoms with Crippen LogP contribution in [0.25, 0.3) is 0 Å². The highest BCUT2D eigenvalue weighted by molar-refractivity contribution is 6.33. The highest BCUT2D eigenvalue weighted by atomic mass is 28.2. The molecule has 0 unspecified atom stereocenters. The van der Waals surface area contributed by atoms with Gasteiger partial charge in [-0.1, -0.05) is 39.8 Å². The average Bonchev–Trinajstić information content (AvgIpc) is 2.25. The molecule has 0 aliphatic carbocycles. The zero-order valence-electron chi connectivity index (χ0n) is 12.4. The van der Waals surface area contributed by atoms with Crippen LogP contribution >= 0.6 is 0 Å². The molecule has 18 heavy (non-hydrogen) atoms. The average molecular weight is 265 g/mol. The van der Waals surface area contributed by atoms with Gasteiger partial charge in [-0.05, 0) is 36.9 Å². The van der Waals surface area contributed by atoms with E-state index in [1.165, 1.54) is 0 Å². The van der Waals surface area contributed by atoms with Gasteiger partial charge >= 0.3 is 0 Å². The van der Waals surface area contributed by atoms with Crippen LogP contribution in [0, 0.1) is 12.0 Å². The standard InChI is InChI=1S/C15H25O2Si/c1-11(2)15(5,6)18-17-13-10-8-7-9-12(13)14(3,4)16/h7,9-11,16H,18H2,1-6H3. The Labute approximate surface area is 113 Å². The van der Waals surface area contributed by atoms with Crippen molar-refractivity contribution in [1.29, 1.82) is 0 Å². The van der Waals surface area contributed by atoms with Crippen molar-refractivity contribution in [3.8, 4) is 5.75 Å². The van der Waals surface area contributed by atoms with Crippen molar-refractivity contribution in [3.05, 3.63) is 29.8 Å². The van der Waals surface area contributed by atoms with Gasteiger partial charge < -0.3 is 9.53 Å². The maximum Gasteiger partial charge on any atom is 0.225 e. The fraction of sp³-hybridized carbons (Fsp3) is 0.600. The zero-order chi connectivity index (χ0) is 14.0. The van der Waals surface area contributed by atoms with E-state index >= 15 is 0 Å². The summed E-state index contributed by atoms with van der Waals surface area (Å²) in [6.45, 7) is 12.5. The van der Waals surface area contributed by atoms with Crippen LogP contribution in [0.3, 0.4) is 0 Å². The van der Waals surface area contributed by atoms with Gasteiger partial charge in [0.2, 0.25) is 9.76 Å². The minimum absolute atomic E-state index is 0.243. The summed E-state index contributed by atoms with van der Waals surface area (Å²) in [5.74, 6) is 1.38. The largest absolute Gasteiger partial charge is 0.549 e. The van der Waals surface area contributed by atoms with Crippen molar-refractivity contribution in [3.63, 3.8) is 0 Å². The molecule has 0 aliphatic rings. The topological polar surface area (TPSA) is 29.5 Å². The second-order valence-corrected chi connectivity index (χ2v) is 8.81. The molecule has 1 N–H and O–H groups in total. The second kappa shape index (κ2) is 5.45. The van der Waals surface area contributed by atoms with Crippen LogP contribution in [-0.4, -0.2) is 14.9 Å². The van der Waals surface area contributed by atoms with Gasteiger partial charge in [0.05, 0.1) is 5.60 Å². The first-order chi connectivity index (χ1) is 8.14. The number of aliphatic hydroxyl groups is 1. The van der Waals surface area contributed by atoms with E-state index in [0.29, 0.717) is 5.92 Å². The molecule has 3 heteroatoms. The number of rotatable bonds is 5. The van der Waals surface area contributed by atoms with E-state index in [1.807, 2.05) is 18.2 Å². The van der Waals surface area contributed by atoms with Crippen molar-refractivity contribution in [2.24, 2.45) is 5.92 Å². The van der Waals surface area contributed by atoms with Crippen LogP contribution < -0.4 is 4.43 Å². The third kappa shape index (κ3) is 3.85. The van der Waals surface area contributed by atoms with E-state index < -0.39 is 15.4 Å². The maximum atomic E-state index is 10.1. The molecule has 0 bridgehead atoms. The molecule has 0 aromatic heterocycles. The van der Waals surface area contributed by atoms with E-state index in [1.54, 1.807) is 13.8 Å². The smallest absolute Gasteiger partial charge is 0.225 e. The van der Waals surface area contributed by atoms with Gasteiger partial charge in [-0.3, -0.25) is 0 Å². The summed E-state index contributed by atoms with van der Waals surface area (Å²) in [6.07, 6.45) is 0. The van der Waals surface area contributed by atoms with E-state index in [9.17, 15) is 5.11 Å². The molecule has 0 saturated carbocycles. The first kappa shape index (κ1) is 15.3. The highest BCUT2D eigenvalue weighted by Crippen LogP contribution is 2.35. The van der Waals surface area contributed by atoms with Gasteiger partial charge in [0.1, 0.15) is 5.75 Å². The lowest BCUT2D eigenvalue weighted by atomic mass is 9.98. The van der Waals surface area contributed by atoms with Crippen LogP contribution in [-0.2, 0) is 5.60 Å². The van der Waals surface area contributed by atoms with Gasteiger partial charge in [-0.2, -0.15) is 0 Å². The Morgan fingerprint density at radius 1 is 1.28 bits per heavy atom. The first-order valence-corrected chi connectivity index (χ1v) is 7.79. The van der Waals surface area contributed by atoms with E-state index in [0.717, 1.165) is 11.3 Å². The molecule has 0 heterocycles. The number of hydrogen-bond acceptors (Lipinski definition) is 2. The summed E-state index contributed by atoms with van der Waals surface area (Å²) >= 11 is 0. The van der Waals surface area contributed by atoms with Crippen LogP contribution in [0.5, 0.6) is 5.75 Å². The number of benzene rings is 1. The molecule has 101 valence electrons. The fourth-order valence-corrected chi connectivity index (χ4v) is 2.57. The molecule has 0 aliphatic heterocycles. The molecule has 0 atom stereocenters. The van der Waals surface area contributed by atoms with Gasteiger partial charge in [0.25, 0.3) is 0 Å². The molecule has 0 spiro atoms. The summed E-state index contributed by atoms with van der Waals surface area (Å²) in [7, 11) is -0.717. The van der Waals surface area contributed by atoms with Crippen LogP contribution in [0.1, 0.15) is 47.1 Å². The summed E-state index contributed by atoms with van der Waals surface area (Å²) < 4.78 is 6.04. The Morgan fingerprint density at radius 2 is 1.89 bits per heavy atom. The van der Waals surface area contributed by atoms with Crippen molar-refractivity contribution in [2.75, 3.05) is 0 Å². The fourth-order valence-electron chi connectivity index (χ4n) is 1.47. The second-order valence-electron chi connectivity index (χ2n) is 6.41. The first-order valence-electron chi connectivity index (χ1n) is 6.50. The van der Waals surface area contributed by atoms with E-state index in [-0.39, 0.29) is 5.04 Å². The molecule has 1 aromatic carbocycles. The normalized spacial score (nSPS) is 13.6. The highest BCUT2D eigenvalue weighted by Gasteiger charge is 2.26. The van der Waals surface area contributed by atoms with Crippen LogP contribution in [0.2, 0.25) is 5.04 Å². The molecular formula is C15H25O2Si. The Morgan fingerprint density at radius 3 is 2.39 bits per heavy atom. The lowest BCUT2D eigenvalue weighted by Gasteiger charge is -2.30. The lowest BCUT2D eigenvalue weighted by Crippen LogP contribution is -2.26. The Kier molecular flexibility index (Phi) is 4.62. The molecule has 1 rings (SSSR count). The summed E-state index contributed by atoms with van der Waals surface area (Å²) in [5.41, 5.74) is -0.0332. The summed E-state index contributed by atoms with van der Waals surface area (Å²) in [5, 5.41) is 10.4. The van der Waals surface area contributed by atoms with Crippen molar-refractivity contribution < 1.29 is 9.53 Å². The van der Waals surface area contributed by atoms with Crippen molar-refractivity contribution in [1.82, 2.24) is 0 Å². The van der Waals surface area contributed by atoms with E-state index in [2.05, 4.69) is 33.8 Å². The molecule has 0 saturated heterocycles. The molecule has 1 radical (unpaired) electrons. The third-order valence-corrected chi connectivity index (χ3v) is 5.66. The van der Waals surface area contributed by atoms with Crippen molar-refractivity contribution in [2.45, 2.75) is 52.2 Å². The lowest BCUT2D eigenvalue weighted by molar-refractivity contribution is 0.0767. The van der Waals surface area contributed by atoms with Crippen LogP contribution in [0.4, 0.5) is 0 Å². The van der Waals surface area contributed by atoms with Gasteiger partial charge in [0, 0.05) is 5.56 Å². The van der Waals surface area contributed by atoms with Gasteiger partial charge in [-0.25, -0.2) is 0 Å². The third-order valence-electron chi connectivity index (χ3n) is 3.65. The Bertz CT molecular complexity index is 392. The summed E-state index contributed by atoms with van der Waals surface area (Å²) in [6, 6.07) is 8.55. The molecule has 0 fully saturated rings. The molecular weight excluding hydrogens is 240 g/mol. The predicted octanol–water partition coefficient (Wildman–Crippen LogP) is 3.03. The summed E-state index contributed by atoms with van der Waals surface area (Å²) in [4.78, 5) is 0.